The van der Waals surface area contributed by atoms with Crippen molar-refractivity contribution in [1.82, 2.24) is 5.32 Å². The van der Waals surface area contributed by atoms with Crippen LogP contribution in [0.2, 0.25) is 0 Å². The lowest BCUT2D eigenvalue weighted by Gasteiger charge is -2.53. The highest BCUT2D eigenvalue weighted by atomic mass is 16.6. The van der Waals surface area contributed by atoms with Crippen molar-refractivity contribution in [1.29, 1.82) is 0 Å². The maximum absolute atomic E-state index is 14.3. The van der Waals surface area contributed by atoms with Gasteiger partial charge in [0.1, 0.15) is 6.54 Å². The van der Waals surface area contributed by atoms with Gasteiger partial charge in [0.05, 0.1) is 19.6 Å². The Bertz CT molecular complexity index is 1470. The zero-order chi connectivity index (χ0) is 28.3. The number of rotatable bonds is 9. The summed E-state index contributed by atoms with van der Waals surface area (Å²) in [7, 11) is 0. The number of carbonyl (C=O) groups excluding carboxylic acids is 2. The second-order valence-electron chi connectivity index (χ2n) is 11.6. The van der Waals surface area contributed by atoms with Crippen LogP contribution in [0.3, 0.4) is 0 Å². The summed E-state index contributed by atoms with van der Waals surface area (Å²) in [6.07, 6.45) is 2.51. The number of quaternary nitrogens is 1. The van der Waals surface area contributed by atoms with E-state index >= 15 is 0 Å². The van der Waals surface area contributed by atoms with Crippen LogP contribution in [0.4, 0.5) is 0 Å². The monoisotopic (exact) mass is 548 g/mol. The van der Waals surface area contributed by atoms with E-state index in [0.717, 1.165) is 54.2 Å². The maximum Gasteiger partial charge on any atom is 0.304 e. The van der Waals surface area contributed by atoms with Crippen molar-refractivity contribution in [3.63, 3.8) is 0 Å². The molecule has 1 atom stereocenters. The van der Waals surface area contributed by atoms with Gasteiger partial charge in [-0.25, -0.2) is 0 Å². The average molecular weight is 549 g/mol. The van der Waals surface area contributed by atoms with E-state index in [2.05, 4.69) is 5.32 Å². The van der Waals surface area contributed by atoms with Crippen LogP contribution >= 0.6 is 0 Å². The third-order valence-corrected chi connectivity index (χ3v) is 9.05. The van der Waals surface area contributed by atoms with Gasteiger partial charge in [0.15, 0.2) is 6.10 Å². The largest absolute Gasteiger partial charge is 0.834 e. The second-order valence-corrected chi connectivity index (χ2v) is 11.6. The first kappa shape index (κ1) is 27.2. The van der Waals surface area contributed by atoms with E-state index in [9.17, 15) is 14.7 Å². The highest BCUT2D eigenvalue weighted by Gasteiger charge is 2.48. The smallest absolute Gasteiger partial charge is 0.304 e. The van der Waals surface area contributed by atoms with Gasteiger partial charge in [0.25, 0.3) is 5.91 Å². The van der Waals surface area contributed by atoms with Crippen molar-refractivity contribution < 1.29 is 23.9 Å². The number of ether oxygens (including phenoxy) is 1. The molecule has 3 aliphatic heterocycles. The number of carbonyl (C=O) groups is 2. The lowest BCUT2D eigenvalue weighted by Crippen LogP contribution is -2.65. The van der Waals surface area contributed by atoms with Gasteiger partial charge in [-0.1, -0.05) is 91.0 Å². The van der Waals surface area contributed by atoms with Crippen LogP contribution in [0.1, 0.15) is 40.7 Å². The van der Waals surface area contributed by atoms with Crippen LogP contribution in [0.15, 0.2) is 103 Å². The molecule has 0 radical (unpaired) electrons. The predicted octanol–water partition coefficient (Wildman–Crippen LogP) is 4.42. The first-order chi connectivity index (χ1) is 20.0. The number of piperidine rings is 3. The van der Waals surface area contributed by atoms with E-state index in [1.807, 2.05) is 54.6 Å². The summed E-state index contributed by atoms with van der Waals surface area (Å²) in [6, 6.07) is 31.4. The summed E-state index contributed by atoms with van der Waals surface area (Å²) in [5, 5.41) is 19.6. The van der Waals surface area contributed by atoms with Crippen LogP contribution in [0.5, 0.6) is 0 Å². The Balaban J connectivity index is 1.09. The third kappa shape index (κ3) is 5.50. The molecule has 1 amide bonds. The van der Waals surface area contributed by atoms with E-state index in [-0.39, 0.29) is 17.9 Å². The zero-order valence-corrected chi connectivity index (χ0v) is 23.2. The van der Waals surface area contributed by atoms with Crippen LogP contribution in [0.25, 0.3) is 10.8 Å². The Kier molecular flexibility index (Phi) is 7.61. The van der Waals surface area contributed by atoms with Crippen LogP contribution in [0, 0.1) is 5.92 Å². The first-order valence-corrected chi connectivity index (χ1v) is 14.6. The minimum Gasteiger partial charge on any atom is -0.834 e. The molecule has 2 bridgehead atoms. The molecule has 3 aliphatic rings. The number of amides is 1. The second kappa shape index (κ2) is 11.5. The molecule has 1 unspecified atom stereocenters. The molecule has 6 nitrogen and oxygen atoms in total. The molecule has 210 valence electrons. The normalized spacial score (nSPS) is 21.9. The van der Waals surface area contributed by atoms with Gasteiger partial charge in [0.2, 0.25) is 0 Å². The van der Waals surface area contributed by atoms with Crippen molar-refractivity contribution in [2.24, 2.45) is 5.92 Å². The molecule has 6 heteroatoms. The predicted molar refractivity (Wildman–Crippen MR) is 157 cm³/mol. The molecule has 0 aromatic heterocycles. The zero-order valence-electron chi connectivity index (χ0n) is 23.2. The molecule has 0 spiro atoms. The number of esters is 1. The van der Waals surface area contributed by atoms with Gasteiger partial charge in [0, 0.05) is 42.9 Å². The van der Waals surface area contributed by atoms with Crippen LogP contribution in [-0.4, -0.2) is 55.2 Å². The standard InChI is InChI=1S/C35H36N2O4/c38-33(29-17-16-26-10-7-8-11-28(26)24-29)36-20-9-21-37-22-18-27(19-23-37)32(25-37)41-34(39)35(40,30-12-3-1-4-13-30)31-14-5-2-6-15-31/h1-8,10-17,24,27,32H,9,18-23,25H2,(H,36,38). The molecule has 4 aromatic rings. The summed E-state index contributed by atoms with van der Waals surface area (Å²) in [5.41, 5.74) is -0.668. The van der Waals surface area contributed by atoms with E-state index in [1.165, 1.54) is 0 Å². The number of nitrogens with one attached hydrogen (secondary N) is 1. The minimum absolute atomic E-state index is 0.0616. The number of hydrogen-bond donors (Lipinski definition) is 1. The minimum atomic E-state index is -2.12. The summed E-state index contributed by atoms with van der Waals surface area (Å²) >= 11 is 0. The van der Waals surface area contributed by atoms with Crippen molar-refractivity contribution in [3.05, 3.63) is 120 Å². The molecule has 1 N–H and O–H groups in total. The lowest BCUT2D eigenvalue weighted by molar-refractivity contribution is -0.946. The third-order valence-electron chi connectivity index (χ3n) is 9.05. The quantitative estimate of drug-likeness (QED) is 0.191. The Morgan fingerprint density at radius 3 is 2.10 bits per heavy atom. The molecule has 3 heterocycles. The highest BCUT2D eigenvalue weighted by molar-refractivity contribution is 5.98. The van der Waals surface area contributed by atoms with Crippen LogP contribution in [-0.2, 0) is 15.1 Å². The summed E-state index contributed by atoms with van der Waals surface area (Å²) < 4.78 is 6.99. The molecule has 41 heavy (non-hydrogen) atoms. The summed E-state index contributed by atoms with van der Waals surface area (Å²) in [5.74, 6) is -0.509. The van der Waals surface area contributed by atoms with E-state index in [1.54, 1.807) is 48.5 Å². The summed E-state index contributed by atoms with van der Waals surface area (Å²) in [4.78, 5) is 26.5. The van der Waals surface area contributed by atoms with Gasteiger partial charge < -0.3 is 19.6 Å². The fraction of sp³-hybridized carbons (Fsp3) is 0.314. The molecule has 7 rings (SSSR count). The van der Waals surface area contributed by atoms with E-state index in [4.69, 9.17) is 4.74 Å². The summed E-state index contributed by atoms with van der Waals surface area (Å²) in [6.45, 7) is 4.28. The molecular weight excluding hydrogens is 512 g/mol. The van der Waals surface area contributed by atoms with Gasteiger partial charge in [-0.05, 0) is 34.0 Å². The molecule has 0 saturated carbocycles. The Morgan fingerprint density at radius 1 is 0.829 bits per heavy atom. The van der Waals surface area contributed by atoms with Gasteiger partial charge in [-0.3, -0.25) is 9.59 Å². The fourth-order valence-corrected chi connectivity index (χ4v) is 6.69. The molecule has 3 fully saturated rings. The molecule has 3 saturated heterocycles. The first-order valence-electron chi connectivity index (χ1n) is 14.6. The highest BCUT2D eigenvalue weighted by Crippen LogP contribution is 2.37. The van der Waals surface area contributed by atoms with Crippen molar-refractivity contribution in [2.75, 3.05) is 32.7 Å². The lowest BCUT2D eigenvalue weighted by atomic mass is 9.82. The van der Waals surface area contributed by atoms with Crippen molar-refractivity contribution in [3.8, 4) is 0 Å². The fourth-order valence-electron chi connectivity index (χ4n) is 6.69. The Morgan fingerprint density at radius 2 is 1.44 bits per heavy atom. The molecule has 4 aromatic carbocycles. The Labute approximate surface area is 241 Å². The van der Waals surface area contributed by atoms with Crippen molar-refractivity contribution in [2.45, 2.75) is 31.0 Å². The topological polar surface area (TPSA) is 78.5 Å². The number of fused-ring (bicyclic) bond motifs is 4. The number of hydrogen-bond acceptors (Lipinski definition) is 4. The van der Waals surface area contributed by atoms with E-state index in [0.29, 0.717) is 29.8 Å². The molecular formula is C35H36N2O4. The van der Waals surface area contributed by atoms with Crippen molar-refractivity contribution >= 4 is 22.6 Å². The number of benzene rings is 4. The SMILES string of the molecule is O=C(NCCC[N+]12CCC(CC1)C(OC(=O)C([O-])(c1ccccc1)c1ccccc1)C2)c1ccc2ccccc2c1. The number of nitrogens with zero attached hydrogens (tertiary/aromatic N) is 1. The maximum atomic E-state index is 14.3. The van der Waals surface area contributed by atoms with Crippen LogP contribution < -0.4 is 10.4 Å². The Hall–Kier alpha value is -4.00. The van der Waals surface area contributed by atoms with Gasteiger partial charge >= 0.3 is 5.97 Å². The van der Waals surface area contributed by atoms with Gasteiger partial charge in [-0.15, -0.1) is 0 Å². The van der Waals surface area contributed by atoms with Gasteiger partial charge in [-0.2, -0.15) is 0 Å². The molecule has 0 aliphatic carbocycles. The van der Waals surface area contributed by atoms with E-state index < -0.39 is 11.6 Å². The average Bonchev–Trinajstić information content (AvgIpc) is 3.03.